The lowest BCUT2D eigenvalue weighted by Crippen LogP contribution is -2.43. The Morgan fingerprint density at radius 3 is 2.64 bits per heavy atom. The Bertz CT molecular complexity index is 935. The number of amides is 1. The van der Waals surface area contributed by atoms with Crippen molar-refractivity contribution in [1.29, 1.82) is 0 Å². The molecule has 1 aromatic heterocycles. The summed E-state index contributed by atoms with van der Waals surface area (Å²) in [5, 5.41) is 4.41. The summed E-state index contributed by atoms with van der Waals surface area (Å²) < 4.78 is 1.83. The number of hydrazine groups is 1. The zero-order valence-corrected chi connectivity index (χ0v) is 16.2. The van der Waals surface area contributed by atoms with Gasteiger partial charge in [0.1, 0.15) is 6.04 Å². The highest BCUT2D eigenvalue weighted by Crippen LogP contribution is 2.23. The van der Waals surface area contributed by atoms with Gasteiger partial charge in [0.2, 0.25) is 5.91 Å². The molecule has 1 amide bonds. The van der Waals surface area contributed by atoms with E-state index in [1.165, 1.54) is 11.1 Å². The quantitative estimate of drug-likeness (QED) is 0.720. The van der Waals surface area contributed by atoms with Gasteiger partial charge in [-0.25, -0.2) is 15.5 Å². The summed E-state index contributed by atoms with van der Waals surface area (Å²) in [6.07, 6.45) is 4.51. The van der Waals surface area contributed by atoms with E-state index in [0.29, 0.717) is 6.54 Å². The van der Waals surface area contributed by atoms with E-state index in [1.54, 1.807) is 4.90 Å². The molecule has 144 valence electrons. The summed E-state index contributed by atoms with van der Waals surface area (Å²) in [5.74, 6) is 0.0783. The molecule has 2 aromatic carbocycles. The molecule has 4 rings (SSSR count). The van der Waals surface area contributed by atoms with E-state index >= 15 is 0 Å². The molecular weight excluding hydrogens is 350 g/mol. The van der Waals surface area contributed by atoms with E-state index in [-0.39, 0.29) is 18.0 Å². The summed E-state index contributed by atoms with van der Waals surface area (Å²) >= 11 is 0. The molecule has 1 saturated heterocycles. The number of hydrogen-bond acceptors (Lipinski definition) is 4. The molecule has 2 N–H and O–H groups in total. The first-order valence-corrected chi connectivity index (χ1v) is 9.52. The van der Waals surface area contributed by atoms with Gasteiger partial charge in [-0.3, -0.25) is 4.79 Å². The zero-order valence-electron chi connectivity index (χ0n) is 16.2. The third-order valence-corrected chi connectivity index (χ3v) is 5.13. The molecule has 1 fully saturated rings. The molecule has 2 heterocycles. The van der Waals surface area contributed by atoms with E-state index in [0.717, 1.165) is 17.7 Å². The number of hydrogen-bond donors (Lipinski definition) is 2. The second-order valence-electron chi connectivity index (χ2n) is 7.36. The Hall–Kier alpha value is -2.96. The van der Waals surface area contributed by atoms with Crippen molar-refractivity contribution < 1.29 is 4.79 Å². The van der Waals surface area contributed by atoms with Crippen LogP contribution >= 0.6 is 0 Å². The van der Waals surface area contributed by atoms with Crippen molar-refractivity contribution in [3.8, 4) is 5.69 Å². The van der Waals surface area contributed by atoms with Gasteiger partial charge >= 0.3 is 0 Å². The van der Waals surface area contributed by atoms with Gasteiger partial charge in [-0.15, -0.1) is 0 Å². The van der Waals surface area contributed by atoms with Crippen LogP contribution in [0.2, 0.25) is 0 Å². The average molecular weight is 375 g/mol. The first-order chi connectivity index (χ1) is 13.6. The third-order valence-electron chi connectivity index (χ3n) is 5.13. The molecule has 2 unspecified atom stereocenters. The summed E-state index contributed by atoms with van der Waals surface area (Å²) in [5.41, 5.74) is 10.8. The molecule has 0 radical (unpaired) electrons. The topological polar surface area (TPSA) is 62.2 Å². The van der Waals surface area contributed by atoms with Crippen LogP contribution in [0.5, 0.6) is 0 Å². The summed E-state index contributed by atoms with van der Waals surface area (Å²) in [6, 6.07) is 18.3. The molecule has 0 bridgehead atoms. The number of para-hydroxylation sites is 1. The van der Waals surface area contributed by atoms with Crippen molar-refractivity contribution in [3.63, 3.8) is 0 Å². The molecule has 0 saturated carbocycles. The number of aryl methyl sites for hydroxylation is 1. The Kier molecular flexibility index (Phi) is 5.23. The summed E-state index contributed by atoms with van der Waals surface area (Å²) in [4.78, 5) is 14.6. The number of carbonyl (C=O) groups is 1. The molecule has 1 aliphatic rings. The van der Waals surface area contributed by atoms with Crippen LogP contribution in [0.4, 0.5) is 0 Å². The van der Waals surface area contributed by atoms with Crippen molar-refractivity contribution in [1.82, 2.24) is 25.5 Å². The number of nitrogens with one attached hydrogen (secondary N) is 2. The highest BCUT2D eigenvalue weighted by molar-refractivity contribution is 5.82. The van der Waals surface area contributed by atoms with Crippen molar-refractivity contribution >= 4 is 5.91 Å². The van der Waals surface area contributed by atoms with Crippen LogP contribution in [-0.4, -0.2) is 33.7 Å². The van der Waals surface area contributed by atoms with Crippen molar-refractivity contribution in [2.45, 2.75) is 32.0 Å². The van der Waals surface area contributed by atoms with Crippen LogP contribution in [0.3, 0.4) is 0 Å². The molecule has 0 spiro atoms. The largest absolute Gasteiger partial charge is 0.340 e. The average Bonchev–Trinajstić information content (AvgIpc) is 3.39. The van der Waals surface area contributed by atoms with Gasteiger partial charge in [0.05, 0.1) is 11.9 Å². The lowest BCUT2D eigenvalue weighted by Gasteiger charge is -2.20. The van der Waals surface area contributed by atoms with Crippen molar-refractivity contribution in [2.75, 3.05) is 7.05 Å². The van der Waals surface area contributed by atoms with E-state index in [9.17, 15) is 4.79 Å². The minimum absolute atomic E-state index is 0.0783. The van der Waals surface area contributed by atoms with Crippen LogP contribution in [0.1, 0.15) is 29.2 Å². The fourth-order valence-electron chi connectivity index (χ4n) is 3.52. The Morgan fingerprint density at radius 2 is 1.89 bits per heavy atom. The summed E-state index contributed by atoms with van der Waals surface area (Å²) in [7, 11) is 1.84. The SMILES string of the molecule is Cc1ccc(C2CC(C(=O)N(C)Cc3cnn(-c4ccccc4)c3)NN2)cc1. The van der Waals surface area contributed by atoms with Crippen LogP contribution < -0.4 is 10.9 Å². The molecule has 2 atom stereocenters. The minimum atomic E-state index is -0.236. The van der Waals surface area contributed by atoms with Crippen molar-refractivity contribution in [3.05, 3.63) is 83.7 Å². The van der Waals surface area contributed by atoms with Crippen LogP contribution in [0, 0.1) is 6.92 Å². The van der Waals surface area contributed by atoms with E-state index in [4.69, 9.17) is 0 Å². The smallest absolute Gasteiger partial charge is 0.241 e. The molecule has 6 nitrogen and oxygen atoms in total. The maximum absolute atomic E-state index is 12.9. The number of likely N-dealkylation sites (N-methyl/N-ethyl adjacent to an activating group) is 1. The molecule has 6 heteroatoms. The predicted molar refractivity (Wildman–Crippen MR) is 109 cm³/mol. The predicted octanol–water partition coefficient (Wildman–Crippen LogP) is 2.75. The minimum Gasteiger partial charge on any atom is -0.340 e. The molecule has 28 heavy (non-hydrogen) atoms. The number of rotatable bonds is 5. The second kappa shape index (κ2) is 7.96. The number of nitrogens with zero attached hydrogens (tertiary/aromatic N) is 3. The molecule has 3 aromatic rings. The van der Waals surface area contributed by atoms with E-state index in [1.807, 2.05) is 54.5 Å². The molecular formula is C22H25N5O. The lowest BCUT2D eigenvalue weighted by atomic mass is 10.0. The standard InChI is InChI=1S/C22H25N5O/c1-16-8-10-18(11-9-16)20-12-21(25-24-20)22(28)26(2)14-17-13-23-27(15-17)19-6-4-3-5-7-19/h3-11,13,15,20-21,24-25H,12,14H2,1-2H3. The number of benzene rings is 2. The van der Waals surface area contributed by atoms with Gasteiger partial charge in [0.25, 0.3) is 0 Å². The molecule has 1 aliphatic heterocycles. The normalized spacial score (nSPS) is 18.9. The van der Waals surface area contributed by atoms with Gasteiger partial charge in [0.15, 0.2) is 0 Å². The van der Waals surface area contributed by atoms with Gasteiger partial charge < -0.3 is 4.90 Å². The van der Waals surface area contributed by atoms with E-state index in [2.05, 4.69) is 47.1 Å². The van der Waals surface area contributed by atoms with Crippen LogP contribution in [0.15, 0.2) is 67.0 Å². The lowest BCUT2D eigenvalue weighted by molar-refractivity contribution is -0.132. The van der Waals surface area contributed by atoms with Gasteiger partial charge in [0, 0.05) is 31.4 Å². The maximum atomic E-state index is 12.9. The maximum Gasteiger partial charge on any atom is 0.241 e. The first-order valence-electron chi connectivity index (χ1n) is 9.52. The van der Waals surface area contributed by atoms with Crippen LogP contribution in [0.25, 0.3) is 5.69 Å². The second-order valence-corrected chi connectivity index (χ2v) is 7.36. The fraction of sp³-hybridized carbons (Fsp3) is 0.273. The van der Waals surface area contributed by atoms with Crippen molar-refractivity contribution in [2.24, 2.45) is 0 Å². The summed E-state index contributed by atoms with van der Waals surface area (Å²) in [6.45, 7) is 2.60. The van der Waals surface area contributed by atoms with E-state index < -0.39 is 0 Å². The Balaban J connectivity index is 1.36. The Morgan fingerprint density at radius 1 is 1.14 bits per heavy atom. The fourth-order valence-corrected chi connectivity index (χ4v) is 3.52. The number of carbonyl (C=O) groups excluding carboxylic acids is 1. The van der Waals surface area contributed by atoms with Gasteiger partial charge in [-0.2, -0.15) is 5.10 Å². The number of aromatic nitrogens is 2. The first kappa shape index (κ1) is 18.4. The molecule has 0 aliphatic carbocycles. The zero-order chi connectivity index (χ0) is 19.5. The van der Waals surface area contributed by atoms with Gasteiger partial charge in [-0.05, 0) is 31.0 Å². The van der Waals surface area contributed by atoms with Gasteiger partial charge in [-0.1, -0.05) is 48.0 Å². The monoisotopic (exact) mass is 375 g/mol. The van der Waals surface area contributed by atoms with Crippen LogP contribution in [-0.2, 0) is 11.3 Å². The third kappa shape index (κ3) is 3.98. The highest BCUT2D eigenvalue weighted by atomic mass is 16.2. The highest BCUT2D eigenvalue weighted by Gasteiger charge is 2.31. The Labute approximate surface area is 165 Å².